The molecule has 1 atom stereocenters. The van der Waals surface area contributed by atoms with Gasteiger partial charge in [0.25, 0.3) is 5.89 Å². The molecule has 20 heavy (non-hydrogen) atoms. The SMILES string of the molecule is COc1ccc(-c2nc([C@@H]3CN(C)CCO3)no2)cc1. The van der Waals surface area contributed by atoms with Crippen molar-refractivity contribution < 1.29 is 14.0 Å². The Hall–Kier alpha value is -1.92. The molecule has 6 nitrogen and oxygen atoms in total. The maximum atomic E-state index is 5.67. The molecule has 1 saturated heterocycles. The molecule has 2 heterocycles. The van der Waals surface area contributed by atoms with E-state index in [2.05, 4.69) is 22.1 Å². The predicted molar refractivity (Wildman–Crippen MR) is 72.5 cm³/mol. The molecule has 0 unspecified atom stereocenters. The second-order valence-corrected chi connectivity index (χ2v) is 4.81. The minimum Gasteiger partial charge on any atom is -0.497 e. The molecule has 2 aromatic rings. The molecule has 1 aliphatic rings. The molecule has 0 bridgehead atoms. The molecule has 106 valence electrons. The molecule has 1 aliphatic heterocycles. The number of morpholine rings is 1. The average Bonchev–Trinajstić information content (AvgIpc) is 2.97. The lowest BCUT2D eigenvalue weighted by atomic mass is 10.2. The summed E-state index contributed by atoms with van der Waals surface area (Å²) in [5.41, 5.74) is 0.869. The number of hydrogen-bond acceptors (Lipinski definition) is 6. The van der Waals surface area contributed by atoms with Gasteiger partial charge in [0.15, 0.2) is 0 Å². The number of methoxy groups -OCH3 is 1. The number of likely N-dealkylation sites (N-methyl/N-ethyl adjacent to an activating group) is 1. The molecule has 0 amide bonds. The zero-order valence-electron chi connectivity index (χ0n) is 11.6. The number of ether oxygens (including phenoxy) is 2. The van der Waals surface area contributed by atoms with Gasteiger partial charge in [-0.15, -0.1) is 0 Å². The Morgan fingerprint density at radius 1 is 1.30 bits per heavy atom. The van der Waals surface area contributed by atoms with E-state index in [4.69, 9.17) is 14.0 Å². The molecular weight excluding hydrogens is 258 g/mol. The summed E-state index contributed by atoms with van der Waals surface area (Å²) in [7, 11) is 3.69. The number of nitrogens with zero attached hydrogens (tertiary/aromatic N) is 3. The highest BCUT2D eigenvalue weighted by atomic mass is 16.5. The third kappa shape index (κ3) is 2.66. The molecule has 0 radical (unpaired) electrons. The van der Waals surface area contributed by atoms with Gasteiger partial charge in [0, 0.05) is 18.7 Å². The molecule has 6 heteroatoms. The maximum Gasteiger partial charge on any atom is 0.258 e. The monoisotopic (exact) mass is 275 g/mol. The van der Waals surface area contributed by atoms with Gasteiger partial charge in [-0.05, 0) is 31.3 Å². The van der Waals surface area contributed by atoms with Crippen LogP contribution in [0.3, 0.4) is 0 Å². The van der Waals surface area contributed by atoms with Gasteiger partial charge in [-0.3, -0.25) is 0 Å². The van der Waals surface area contributed by atoms with Crippen LogP contribution in [0.25, 0.3) is 11.5 Å². The van der Waals surface area contributed by atoms with Crippen LogP contribution in [0.15, 0.2) is 28.8 Å². The van der Waals surface area contributed by atoms with Gasteiger partial charge in [0.1, 0.15) is 11.9 Å². The van der Waals surface area contributed by atoms with Gasteiger partial charge in [-0.2, -0.15) is 4.98 Å². The van der Waals surface area contributed by atoms with Crippen molar-refractivity contribution in [3.05, 3.63) is 30.1 Å². The smallest absolute Gasteiger partial charge is 0.258 e. The van der Waals surface area contributed by atoms with Gasteiger partial charge in [-0.1, -0.05) is 5.16 Å². The van der Waals surface area contributed by atoms with Crippen molar-refractivity contribution in [1.29, 1.82) is 0 Å². The standard InChI is InChI=1S/C14H17N3O3/c1-17-7-8-19-12(9-17)13-15-14(20-16-13)10-3-5-11(18-2)6-4-10/h3-6,12H,7-9H2,1-2H3/t12-/m0/s1. The molecule has 0 saturated carbocycles. The fourth-order valence-corrected chi connectivity index (χ4v) is 2.15. The molecule has 1 fully saturated rings. The minimum absolute atomic E-state index is 0.121. The molecule has 0 aliphatic carbocycles. The number of aromatic nitrogens is 2. The second kappa shape index (κ2) is 5.60. The molecule has 3 rings (SSSR count). The molecule has 0 N–H and O–H groups in total. The van der Waals surface area contributed by atoms with Gasteiger partial charge >= 0.3 is 0 Å². The van der Waals surface area contributed by atoms with Crippen molar-refractivity contribution in [2.75, 3.05) is 33.9 Å². The molecule has 0 spiro atoms. The van der Waals surface area contributed by atoms with Gasteiger partial charge < -0.3 is 18.9 Å². The fourth-order valence-electron chi connectivity index (χ4n) is 2.15. The Labute approximate surface area is 117 Å². The minimum atomic E-state index is -0.121. The molecular formula is C14H17N3O3. The predicted octanol–water partition coefficient (Wildman–Crippen LogP) is 1.75. The van der Waals surface area contributed by atoms with Gasteiger partial charge in [-0.25, -0.2) is 0 Å². The summed E-state index contributed by atoms with van der Waals surface area (Å²) in [6, 6.07) is 7.52. The van der Waals surface area contributed by atoms with Gasteiger partial charge in [0.05, 0.1) is 13.7 Å². The Morgan fingerprint density at radius 3 is 2.80 bits per heavy atom. The van der Waals surface area contributed by atoms with Crippen LogP contribution in [0.5, 0.6) is 5.75 Å². The summed E-state index contributed by atoms with van der Waals surface area (Å²) in [5.74, 6) is 1.90. The Morgan fingerprint density at radius 2 is 2.10 bits per heavy atom. The summed E-state index contributed by atoms with van der Waals surface area (Å²) in [6.45, 7) is 2.40. The van der Waals surface area contributed by atoms with Crippen LogP contribution in [0.4, 0.5) is 0 Å². The van der Waals surface area contributed by atoms with E-state index < -0.39 is 0 Å². The largest absolute Gasteiger partial charge is 0.497 e. The quantitative estimate of drug-likeness (QED) is 0.850. The van der Waals surface area contributed by atoms with Crippen molar-refractivity contribution in [3.8, 4) is 17.2 Å². The summed E-state index contributed by atoms with van der Waals surface area (Å²) in [6.07, 6.45) is -0.121. The lowest BCUT2D eigenvalue weighted by Crippen LogP contribution is -2.35. The summed E-state index contributed by atoms with van der Waals surface area (Å²) in [4.78, 5) is 6.62. The highest BCUT2D eigenvalue weighted by Crippen LogP contribution is 2.24. The second-order valence-electron chi connectivity index (χ2n) is 4.81. The van der Waals surface area contributed by atoms with E-state index in [9.17, 15) is 0 Å². The third-order valence-corrected chi connectivity index (χ3v) is 3.34. The Bertz CT molecular complexity index is 567. The lowest BCUT2D eigenvalue weighted by molar-refractivity contribution is -0.0264. The van der Waals surface area contributed by atoms with Gasteiger partial charge in [0.2, 0.25) is 5.82 Å². The lowest BCUT2D eigenvalue weighted by Gasteiger charge is -2.27. The van der Waals surface area contributed by atoms with E-state index in [0.29, 0.717) is 18.3 Å². The number of benzene rings is 1. The summed E-state index contributed by atoms with van der Waals surface area (Å²) in [5, 5.41) is 4.02. The molecule has 1 aromatic carbocycles. The van der Waals surface area contributed by atoms with E-state index in [-0.39, 0.29) is 6.10 Å². The first kappa shape index (κ1) is 13.1. The topological polar surface area (TPSA) is 60.6 Å². The van der Waals surface area contributed by atoms with E-state index in [1.165, 1.54) is 0 Å². The molecule has 1 aromatic heterocycles. The first-order chi connectivity index (χ1) is 9.76. The van der Waals surface area contributed by atoms with Crippen LogP contribution in [-0.4, -0.2) is 48.9 Å². The van der Waals surface area contributed by atoms with Crippen molar-refractivity contribution in [2.24, 2.45) is 0 Å². The van der Waals surface area contributed by atoms with Crippen molar-refractivity contribution in [2.45, 2.75) is 6.10 Å². The van der Waals surface area contributed by atoms with Crippen LogP contribution in [0, 0.1) is 0 Å². The number of rotatable bonds is 3. The van der Waals surface area contributed by atoms with E-state index in [0.717, 1.165) is 24.4 Å². The number of hydrogen-bond donors (Lipinski definition) is 0. The maximum absolute atomic E-state index is 5.67. The van der Waals surface area contributed by atoms with E-state index in [1.54, 1.807) is 7.11 Å². The van der Waals surface area contributed by atoms with Crippen LogP contribution >= 0.6 is 0 Å². The fraction of sp³-hybridized carbons (Fsp3) is 0.429. The van der Waals surface area contributed by atoms with Crippen LogP contribution < -0.4 is 4.74 Å². The van der Waals surface area contributed by atoms with Crippen molar-refractivity contribution in [3.63, 3.8) is 0 Å². The van der Waals surface area contributed by atoms with Crippen molar-refractivity contribution >= 4 is 0 Å². The summed E-state index contributed by atoms with van der Waals surface area (Å²) >= 11 is 0. The van der Waals surface area contributed by atoms with Crippen LogP contribution in [-0.2, 0) is 4.74 Å². The summed E-state index contributed by atoms with van der Waals surface area (Å²) < 4.78 is 16.1. The van der Waals surface area contributed by atoms with E-state index >= 15 is 0 Å². The highest BCUT2D eigenvalue weighted by molar-refractivity contribution is 5.54. The normalized spacial score (nSPS) is 20.0. The zero-order valence-corrected chi connectivity index (χ0v) is 11.6. The van der Waals surface area contributed by atoms with E-state index in [1.807, 2.05) is 24.3 Å². The highest BCUT2D eigenvalue weighted by Gasteiger charge is 2.24. The first-order valence-corrected chi connectivity index (χ1v) is 6.54. The zero-order chi connectivity index (χ0) is 13.9. The average molecular weight is 275 g/mol. The Kier molecular flexibility index (Phi) is 3.66. The third-order valence-electron chi connectivity index (χ3n) is 3.34. The van der Waals surface area contributed by atoms with Crippen LogP contribution in [0.2, 0.25) is 0 Å². The van der Waals surface area contributed by atoms with Crippen molar-refractivity contribution in [1.82, 2.24) is 15.0 Å². The first-order valence-electron chi connectivity index (χ1n) is 6.54. The Balaban J connectivity index is 1.78. The van der Waals surface area contributed by atoms with Crippen LogP contribution in [0.1, 0.15) is 11.9 Å².